The molecule has 0 saturated carbocycles. The van der Waals surface area contributed by atoms with Crippen LogP contribution in [0.2, 0.25) is 0 Å². The molecule has 2 heterocycles. The zero-order valence-electron chi connectivity index (χ0n) is 11.1. The predicted octanol–water partition coefficient (Wildman–Crippen LogP) is 2.36. The van der Waals surface area contributed by atoms with E-state index in [4.69, 9.17) is 4.74 Å². The maximum Gasteiger partial charge on any atom is 0.341 e. The van der Waals surface area contributed by atoms with Crippen LogP contribution >= 0.6 is 0 Å². The summed E-state index contributed by atoms with van der Waals surface area (Å²) >= 11 is 0. The van der Waals surface area contributed by atoms with Crippen molar-refractivity contribution in [1.82, 2.24) is 10.3 Å². The molecule has 0 saturated heterocycles. The lowest BCUT2D eigenvalue weighted by Crippen LogP contribution is -2.11. The van der Waals surface area contributed by atoms with E-state index in [1.54, 1.807) is 19.2 Å². The number of fused-ring (bicyclic) bond motifs is 3. The normalized spacial score (nSPS) is 14.2. The molecule has 104 valence electrons. The Bertz CT molecular complexity index is 703. The summed E-state index contributed by atoms with van der Waals surface area (Å²) in [5.41, 5.74) is 2.95. The van der Waals surface area contributed by atoms with Crippen LogP contribution in [0.1, 0.15) is 18.2 Å². The Morgan fingerprint density at radius 3 is 3.10 bits per heavy atom. The molecule has 5 heteroatoms. The van der Waals surface area contributed by atoms with E-state index in [-0.39, 0.29) is 11.8 Å². The van der Waals surface area contributed by atoms with Crippen molar-refractivity contribution in [3.8, 4) is 0 Å². The monoisotopic (exact) mass is 274 g/mol. The maximum absolute atomic E-state index is 13.4. The zero-order chi connectivity index (χ0) is 14.1. The third-order valence-corrected chi connectivity index (χ3v) is 3.40. The highest BCUT2D eigenvalue weighted by Gasteiger charge is 2.22. The van der Waals surface area contributed by atoms with Crippen LogP contribution in [0.25, 0.3) is 16.5 Å². The number of ether oxygens (including phenoxy) is 1. The summed E-state index contributed by atoms with van der Waals surface area (Å²) in [4.78, 5) is 15.2. The van der Waals surface area contributed by atoms with E-state index < -0.39 is 0 Å². The minimum Gasteiger partial charge on any atom is -0.462 e. The summed E-state index contributed by atoms with van der Waals surface area (Å²) in [6.45, 7) is 2.78. The SMILES string of the molecule is CCOC(=O)C1=CNCCc2c1[nH]c1ccc(F)cc21. The Balaban J connectivity index is 2.17. The van der Waals surface area contributed by atoms with Crippen LogP contribution in [-0.2, 0) is 16.0 Å². The quantitative estimate of drug-likeness (QED) is 0.827. The largest absolute Gasteiger partial charge is 0.462 e. The molecule has 0 unspecified atom stereocenters. The van der Waals surface area contributed by atoms with Gasteiger partial charge in [0.15, 0.2) is 0 Å². The zero-order valence-corrected chi connectivity index (χ0v) is 11.1. The number of esters is 1. The van der Waals surface area contributed by atoms with Crippen molar-refractivity contribution in [2.45, 2.75) is 13.3 Å². The van der Waals surface area contributed by atoms with Gasteiger partial charge in [0.2, 0.25) is 0 Å². The number of aromatic amines is 1. The lowest BCUT2D eigenvalue weighted by molar-refractivity contribution is -0.136. The molecule has 0 bridgehead atoms. The maximum atomic E-state index is 13.4. The molecule has 1 aliphatic rings. The minimum absolute atomic E-state index is 0.279. The Morgan fingerprint density at radius 2 is 2.30 bits per heavy atom. The smallest absolute Gasteiger partial charge is 0.341 e. The second-order valence-corrected chi connectivity index (χ2v) is 4.65. The van der Waals surface area contributed by atoms with Gasteiger partial charge in [0.1, 0.15) is 5.82 Å². The third kappa shape index (κ3) is 2.05. The molecule has 0 spiro atoms. The predicted molar refractivity (Wildman–Crippen MR) is 74.6 cm³/mol. The van der Waals surface area contributed by atoms with Crippen molar-refractivity contribution in [2.75, 3.05) is 13.2 Å². The summed E-state index contributed by atoms with van der Waals surface area (Å²) < 4.78 is 18.5. The molecule has 0 fully saturated rings. The van der Waals surface area contributed by atoms with Gasteiger partial charge in [0.25, 0.3) is 0 Å². The number of hydrogen-bond acceptors (Lipinski definition) is 3. The van der Waals surface area contributed by atoms with E-state index in [9.17, 15) is 9.18 Å². The van der Waals surface area contributed by atoms with E-state index in [0.29, 0.717) is 24.4 Å². The molecule has 20 heavy (non-hydrogen) atoms. The molecule has 1 aliphatic heterocycles. The van der Waals surface area contributed by atoms with Gasteiger partial charge in [-0.05, 0) is 37.1 Å². The lowest BCUT2D eigenvalue weighted by Gasteiger charge is -2.05. The second-order valence-electron chi connectivity index (χ2n) is 4.65. The number of benzene rings is 1. The van der Waals surface area contributed by atoms with Crippen LogP contribution < -0.4 is 5.32 Å². The van der Waals surface area contributed by atoms with Gasteiger partial charge in [-0.1, -0.05) is 0 Å². The van der Waals surface area contributed by atoms with Gasteiger partial charge in [-0.3, -0.25) is 0 Å². The van der Waals surface area contributed by atoms with Crippen LogP contribution in [0, 0.1) is 5.82 Å². The van der Waals surface area contributed by atoms with Crippen molar-refractivity contribution in [2.24, 2.45) is 0 Å². The first-order valence-electron chi connectivity index (χ1n) is 6.62. The fraction of sp³-hybridized carbons (Fsp3) is 0.267. The van der Waals surface area contributed by atoms with Crippen molar-refractivity contribution >= 4 is 22.4 Å². The molecule has 4 nitrogen and oxygen atoms in total. The molecule has 0 atom stereocenters. The van der Waals surface area contributed by atoms with E-state index in [1.165, 1.54) is 12.1 Å². The van der Waals surface area contributed by atoms with Gasteiger partial charge in [0, 0.05) is 23.6 Å². The number of aromatic nitrogens is 1. The van der Waals surface area contributed by atoms with Crippen LogP contribution in [0.5, 0.6) is 0 Å². The third-order valence-electron chi connectivity index (χ3n) is 3.40. The highest BCUT2D eigenvalue weighted by atomic mass is 19.1. The molecule has 0 aliphatic carbocycles. The molecule has 1 aromatic heterocycles. The summed E-state index contributed by atoms with van der Waals surface area (Å²) in [6, 6.07) is 4.60. The molecular weight excluding hydrogens is 259 g/mol. The standard InChI is InChI=1S/C15H15FN2O2/c1-2-20-15(19)12-8-17-6-5-10-11-7-9(16)3-4-13(11)18-14(10)12/h3-4,7-8,17-18H,2,5-6H2,1H3. The Kier molecular flexibility index (Phi) is 3.18. The fourth-order valence-electron chi connectivity index (χ4n) is 2.52. The van der Waals surface area contributed by atoms with Crippen molar-refractivity contribution in [3.05, 3.63) is 41.5 Å². The van der Waals surface area contributed by atoms with E-state index in [0.717, 1.165) is 22.9 Å². The van der Waals surface area contributed by atoms with Crippen molar-refractivity contribution in [3.63, 3.8) is 0 Å². The number of carbonyl (C=O) groups is 1. The molecule has 2 N–H and O–H groups in total. The first-order valence-corrected chi connectivity index (χ1v) is 6.62. The van der Waals surface area contributed by atoms with E-state index in [1.807, 2.05) is 0 Å². The summed E-state index contributed by atoms with van der Waals surface area (Å²) in [6.07, 6.45) is 2.38. The first kappa shape index (κ1) is 12.7. The van der Waals surface area contributed by atoms with Crippen molar-refractivity contribution < 1.29 is 13.9 Å². The number of nitrogens with one attached hydrogen (secondary N) is 2. The van der Waals surface area contributed by atoms with Crippen LogP contribution in [0.4, 0.5) is 4.39 Å². The molecule has 0 radical (unpaired) electrons. The summed E-state index contributed by atoms with van der Waals surface area (Å²) in [5.74, 6) is -0.659. The average molecular weight is 274 g/mol. The second kappa shape index (κ2) is 5.00. The number of rotatable bonds is 2. The molecule has 3 rings (SSSR count). The molecule has 1 aromatic carbocycles. The minimum atomic E-state index is -0.379. The Morgan fingerprint density at radius 1 is 1.45 bits per heavy atom. The number of halogens is 1. The highest BCUT2D eigenvalue weighted by molar-refractivity contribution is 6.17. The van der Waals surface area contributed by atoms with Crippen molar-refractivity contribution in [1.29, 1.82) is 0 Å². The lowest BCUT2D eigenvalue weighted by atomic mass is 10.0. The van der Waals surface area contributed by atoms with Gasteiger partial charge in [-0.15, -0.1) is 0 Å². The topological polar surface area (TPSA) is 54.1 Å². The number of hydrogen-bond donors (Lipinski definition) is 2. The van der Waals surface area contributed by atoms with E-state index in [2.05, 4.69) is 10.3 Å². The fourth-order valence-corrected chi connectivity index (χ4v) is 2.52. The van der Waals surface area contributed by atoms with Crippen LogP contribution in [0.15, 0.2) is 24.4 Å². The summed E-state index contributed by atoms with van der Waals surface area (Å²) in [5, 5.41) is 3.89. The van der Waals surface area contributed by atoms with Gasteiger partial charge in [-0.2, -0.15) is 0 Å². The highest BCUT2D eigenvalue weighted by Crippen LogP contribution is 2.30. The van der Waals surface area contributed by atoms with Gasteiger partial charge in [-0.25, -0.2) is 9.18 Å². The number of H-pyrrole nitrogens is 1. The van der Waals surface area contributed by atoms with Crippen LogP contribution in [0.3, 0.4) is 0 Å². The number of carbonyl (C=O) groups excluding carboxylic acids is 1. The Hall–Kier alpha value is -2.30. The van der Waals surface area contributed by atoms with Crippen LogP contribution in [-0.4, -0.2) is 24.1 Å². The summed E-state index contributed by atoms with van der Waals surface area (Å²) in [7, 11) is 0. The average Bonchev–Trinajstić information content (AvgIpc) is 2.64. The molecular formula is C15H15FN2O2. The van der Waals surface area contributed by atoms with E-state index >= 15 is 0 Å². The molecule has 0 amide bonds. The van der Waals surface area contributed by atoms with Gasteiger partial charge in [0.05, 0.1) is 17.9 Å². The molecule has 2 aromatic rings. The first-order chi connectivity index (χ1) is 9.70. The van der Waals surface area contributed by atoms with Gasteiger partial charge < -0.3 is 15.0 Å². The Labute approximate surface area is 115 Å². The van der Waals surface area contributed by atoms with Gasteiger partial charge >= 0.3 is 5.97 Å².